The molecular weight excluding hydrogens is 681 g/mol. The second-order valence-electron chi connectivity index (χ2n) is 12.5. The Balaban J connectivity index is 0.00000625. The summed E-state index contributed by atoms with van der Waals surface area (Å²) in [7, 11) is 3.06. The number of hydrogen-bond acceptors (Lipinski definition) is 5. The van der Waals surface area contributed by atoms with Crippen molar-refractivity contribution in [1.29, 1.82) is 0 Å². The van der Waals surface area contributed by atoms with Crippen LogP contribution in [0.25, 0.3) is 5.69 Å². The first-order valence-electron chi connectivity index (χ1n) is 15.1. The molecule has 7 nitrogen and oxygen atoms in total. The third kappa shape index (κ3) is 8.57. The summed E-state index contributed by atoms with van der Waals surface area (Å²) in [5.41, 5.74) is 1.47. The van der Waals surface area contributed by atoms with E-state index in [1.165, 1.54) is 54.5 Å². The first-order valence-corrected chi connectivity index (χ1v) is 17.9. The molecule has 0 aliphatic carbocycles. The summed E-state index contributed by atoms with van der Waals surface area (Å²) in [6.07, 6.45) is 2.32. The van der Waals surface area contributed by atoms with E-state index >= 15 is 4.39 Å². The highest BCUT2D eigenvalue weighted by Crippen LogP contribution is 2.39. The van der Waals surface area contributed by atoms with Gasteiger partial charge in [-0.1, -0.05) is 50.7 Å². The molecular formula is C35H45ClF3N4O3S2+. The van der Waals surface area contributed by atoms with Crippen LogP contribution in [0.4, 0.5) is 13.2 Å². The number of quaternary nitrogens is 1. The van der Waals surface area contributed by atoms with Crippen LogP contribution < -0.4 is 4.74 Å². The van der Waals surface area contributed by atoms with E-state index in [1.54, 1.807) is 30.5 Å². The molecule has 0 aliphatic rings. The summed E-state index contributed by atoms with van der Waals surface area (Å²) in [5.74, 6) is -1.52. The molecule has 3 aromatic carbocycles. The van der Waals surface area contributed by atoms with Crippen molar-refractivity contribution in [2.45, 2.75) is 55.8 Å². The van der Waals surface area contributed by atoms with Crippen molar-refractivity contribution in [3.05, 3.63) is 100 Å². The average molecular weight is 726 g/mol. The number of hydrogen-bond donors (Lipinski definition) is 0. The van der Waals surface area contributed by atoms with Crippen molar-refractivity contribution in [1.82, 2.24) is 13.9 Å². The Morgan fingerprint density at radius 1 is 1.04 bits per heavy atom. The molecule has 4 aromatic rings. The molecule has 262 valence electrons. The fourth-order valence-corrected chi connectivity index (χ4v) is 7.79. The van der Waals surface area contributed by atoms with Crippen molar-refractivity contribution in [2.24, 2.45) is 0 Å². The van der Waals surface area contributed by atoms with Crippen molar-refractivity contribution in [3.63, 3.8) is 0 Å². The molecule has 4 rings (SSSR count). The first-order chi connectivity index (χ1) is 22.0. The van der Waals surface area contributed by atoms with Gasteiger partial charge in [-0.25, -0.2) is 30.9 Å². The number of imidazole rings is 1. The summed E-state index contributed by atoms with van der Waals surface area (Å²) in [6.45, 7) is 7.97. The van der Waals surface area contributed by atoms with E-state index in [9.17, 15) is 17.2 Å². The second kappa shape index (κ2) is 15.7. The predicted octanol–water partition coefficient (Wildman–Crippen LogP) is 8.31. The number of methoxy groups -OCH3 is 1. The zero-order chi connectivity index (χ0) is 34.7. The number of rotatable bonds is 14. The Morgan fingerprint density at radius 3 is 2.31 bits per heavy atom. The number of aromatic nitrogens is 2. The first kappa shape index (κ1) is 39.4. The van der Waals surface area contributed by atoms with Gasteiger partial charge in [-0.2, -0.15) is 0 Å². The normalized spacial score (nSPS) is 12.3. The van der Waals surface area contributed by atoms with Crippen LogP contribution in [-0.4, -0.2) is 74.6 Å². The maximum Gasteiger partial charge on any atom is 0.242 e. The van der Waals surface area contributed by atoms with Gasteiger partial charge in [0, 0.05) is 47.5 Å². The van der Waals surface area contributed by atoms with Gasteiger partial charge in [-0.15, -0.1) is 0 Å². The fraction of sp³-hybridized carbons (Fsp3) is 0.400. The Labute approximate surface area is 292 Å². The number of halogens is 4. The zero-order valence-corrected chi connectivity index (χ0v) is 30.0. The van der Waals surface area contributed by atoms with Gasteiger partial charge in [-0.3, -0.25) is 4.57 Å². The predicted molar refractivity (Wildman–Crippen MR) is 188 cm³/mol. The van der Waals surface area contributed by atoms with E-state index in [1.807, 2.05) is 18.4 Å². The van der Waals surface area contributed by atoms with Crippen LogP contribution in [0.5, 0.6) is 5.75 Å². The average Bonchev–Trinajstić information content (AvgIpc) is 3.45. The minimum atomic E-state index is -3.97. The molecule has 13 heteroatoms. The molecule has 0 saturated heterocycles. The van der Waals surface area contributed by atoms with Gasteiger partial charge in [0.15, 0.2) is 16.7 Å². The summed E-state index contributed by atoms with van der Waals surface area (Å²) < 4.78 is 79.3. The Morgan fingerprint density at radius 2 is 1.71 bits per heavy atom. The van der Waals surface area contributed by atoms with Crippen molar-refractivity contribution in [3.8, 4) is 11.4 Å². The maximum absolute atomic E-state index is 15.6. The number of benzene rings is 3. The molecule has 0 radical (unpaired) electrons. The van der Waals surface area contributed by atoms with E-state index in [4.69, 9.17) is 16.3 Å². The molecule has 0 amide bonds. The monoisotopic (exact) mass is 725 g/mol. The van der Waals surface area contributed by atoms with Gasteiger partial charge in [-0.05, 0) is 61.0 Å². The summed E-state index contributed by atoms with van der Waals surface area (Å²) in [5, 5.41) is 0.446. The van der Waals surface area contributed by atoms with E-state index in [0.717, 1.165) is 29.2 Å². The van der Waals surface area contributed by atoms with Crippen LogP contribution in [0.2, 0.25) is 5.02 Å². The molecule has 0 spiro atoms. The smallest absolute Gasteiger partial charge is 0.242 e. The van der Waals surface area contributed by atoms with Crippen LogP contribution in [-0.2, 0) is 21.2 Å². The third-order valence-corrected chi connectivity index (χ3v) is 11.7. The molecule has 1 heterocycles. The molecule has 1 aromatic heterocycles. The molecule has 0 fully saturated rings. The minimum Gasteiger partial charge on any atom is -0.494 e. The van der Waals surface area contributed by atoms with Crippen LogP contribution in [0.1, 0.15) is 51.4 Å². The number of sulfonamides is 1. The Kier molecular flexibility index (Phi) is 12.9. The van der Waals surface area contributed by atoms with Crippen molar-refractivity contribution in [2.75, 3.05) is 47.9 Å². The molecule has 0 unspecified atom stereocenters. The van der Waals surface area contributed by atoms with E-state index < -0.39 is 32.9 Å². The molecule has 0 aliphatic heterocycles. The topological polar surface area (TPSA) is 64.4 Å². The lowest BCUT2D eigenvalue weighted by atomic mass is 9.81. The highest BCUT2D eigenvalue weighted by Gasteiger charge is 2.31. The Hall–Kier alpha value is -3.03. The number of thioether (sulfide) groups is 1. The van der Waals surface area contributed by atoms with Crippen LogP contribution in [0.3, 0.4) is 0 Å². The Bertz CT molecular complexity index is 1810. The van der Waals surface area contributed by atoms with E-state index in [0.29, 0.717) is 23.0 Å². The van der Waals surface area contributed by atoms with Gasteiger partial charge < -0.3 is 9.22 Å². The third-order valence-electron chi connectivity index (χ3n) is 8.59. The van der Waals surface area contributed by atoms with Gasteiger partial charge in [0.2, 0.25) is 10.0 Å². The van der Waals surface area contributed by atoms with Crippen LogP contribution in [0, 0.1) is 17.5 Å². The summed E-state index contributed by atoms with van der Waals surface area (Å²) in [4.78, 5) is 4.41. The van der Waals surface area contributed by atoms with E-state index in [-0.39, 0.29) is 41.0 Å². The van der Waals surface area contributed by atoms with Gasteiger partial charge >= 0.3 is 0 Å². The largest absolute Gasteiger partial charge is 0.494 e. The van der Waals surface area contributed by atoms with Crippen LogP contribution in [0.15, 0.2) is 70.8 Å². The molecule has 0 atom stereocenters. The number of nitrogens with zero attached hydrogens (tertiary/aromatic N) is 4. The lowest BCUT2D eigenvalue weighted by molar-refractivity contribution is -0.888. The molecule has 0 bridgehead atoms. The quantitative estimate of drug-likeness (QED) is 0.0967. The summed E-state index contributed by atoms with van der Waals surface area (Å²) in [6, 6.07) is 12.8. The van der Waals surface area contributed by atoms with Crippen LogP contribution >= 0.6 is 23.4 Å². The highest BCUT2D eigenvalue weighted by molar-refractivity contribution is 7.98. The molecule has 0 N–H and O–H groups in total. The van der Waals surface area contributed by atoms with E-state index in [2.05, 4.69) is 26.0 Å². The number of ether oxygens (including phenoxy) is 1. The lowest BCUT2D eigenvalue weighted by Crippen LogP contribution is -2.41. The maximum atomic E-state index is 15.6. The van der Waals surface area contributed by atoms with Crippen molar-refractivity contribution >= 4 is 33.4 Å². The highest BCUT2D eigenvalue weighted by atomic mass is 35.5. The second-order valence-corrected chi connectivity index (χ2v) is 15.9. The minimum absolute atomic E-state index is 0. The lowest BCUT2D eigenvalue weighted by Gasteiger charge is -2.29. The van der Waals surface area contributed by atoms with Crippen molar-refractivity contribution < 1.29 is 30.8 Å². The zero-order valence-electron chi connectivity index (χ0n) is 27.7. The standard InChI is InChI=1S/C34H41ClF3N4O3S2.CH4/c1-8-42(5,6)17-9-16-40(4)47(43,44)26-19-28(35)27(30(38)20-26)22-46-33-39-21-32(41(33)25-13-11-24(36)12-14-25)34(2,3)23-10-15-29(37)31(18-23)45-7;/h10-15,18-21H,8-9,16-17,22H2,1-7H3;1H4/q+1;. The fourth-order valence-electron chi connectivity index (χ4n) is 5.10. The molecule has 48 heavy (non-hydrogen) atoms. The summed E-state index contributed by atoms with van der Waals surface area (Å²) >= 11 is 7.71. The SMILES string of the molecule is C.CC[N+](C)(C)CCCN(C)S(=O)(=O)c1cc(F)c(CSc2ncc(C(C)(C)c3ccc(F)c(OC)c3)n2-c2ccc(F)cc2)c(Cl)c1. The molecule has 0 saturated carbocycles. The van der Waals surface area contributed by atoms with Gasteiger partial charge in [0.1, 0.15) is 11.6 Å². The van der Waals surface area contributed by atoms with Gasteiger partial charge in [0.05, 0.1) is 51.1 Å². The van der Waals surface area contributed by atoms with Gasteiger partial charge in [0.25, 0.3) is 0 Å².